The van der Waals surface area contributed by atoms with Crippen LogP contribution in [-0.4, -0.2) is 13.0 Å². The molecule has 0 heterocycles. The first-order valence-corrected chi connectivity index (χ1v) is 4.07. The molecule has 1 aromatic rings. The van der Waals surface area contributed by atoms with Gasteiger partial charge in [0, 0.05) is 23.2 Å². The van der Waals surface area contributed by atoms with Gasteiger partial charge < -0.3 is 5.32 Å². The number of carbonyl (C=O) groups is 1. The summed E-state index contributed by atoms with van der Waals surface area (Å²) < 4.78 is 0. The second-order valence-electron chi connectivity index (χ2n) is 2.77. The number of carbonyl (C=O) groups excluding carboxylic acids is 1. The summed E-state index contributed by atoms with van der Waals surface area (Å²) in [7, 11) is 1.57. The SMILES string of the molecule is CNC(=O)c1ccc(N=[N+]=[N-])cc1C. The van der Waals surface area contributed by atoms with E-state index in [1.165, 1.54) is 0 Å². The highest BCUT2D eigenvalue weighted by Gasteiger charge is 2.06. The number of hydrogen-bond donors (Lipinski definition) is 1. The maximum Gasteiger partial charge on any atom is 0.251 e. The molecule has 0 fully saturated rings. The topological polar surface area (TPSA) is 77.9 Å². The lowest BCUT2D eigenvalue weighted by Crippen LogP contribution is -2.18. The third-order valence-corrected chi connectivity index (χ3v) is 1.84. The van der Waals surface area contributed by atoms with Gasteiger partial charge in [0.1, 0.15) is 0 Å². The fourth-order valence-electron chi connectivity index (χ4n) is 1.15. The van der Waals surface area contributed by atoms with Crippen molar-refractivity contribution in [1.82, 2.24) is 5.32 Å². The molecule has 0 spiro atoms. The molecule has 0 atom stereocenters. The molecule has 0 aliphatic rings. The van der Waals surface area contributed by atoms with Crippen LogP contribution in [0.4, 0.5) is 5.69 Å². The van der Waals surface area contributed by atoms with Gasteiger partial charge in [-0.3, -0.25) is 4.79 Å². The van der Waals surface area contributed by atoms with Crippen molar-refractivity contribution < 1.29 is 4.79 Å². The molecule has 14 heavy (non-hydrogen) atoms. The minimum Gasteiger partial charge on any atom is -0.355 e. The second-order valence-corrected chi connectivity index (χ2v) is 2.77. The molecule has 0 saturated carbocycles. The molecule has 0 saturated heterocycles. The molecule has 0 radical (unpaired) electrons. The van der Waals surface area contributed by atoms with Crippen LogP contribution < -0.4 is 5.32 Å². The van der Waals surface area contributed by atoms with Crippen molar-refractivity contribution in [3.05, 3.63) is 39.8 Å². The summed E-state index contributed by atoms with van der Waals surface area (Å²) >= 11 is 0. The van der Waals surface area contributed by atoms with E-state index in [1.807, 2.05) is 0 Å². The minimum atomic E-state index is -0.144. The molecule has 0 aliphatic carbocycles. The molecule has 1 aromatic carbocycles. The zero-order valence-electron chi connectivity index (χ0n) is 7.98. The van der Waals surface area contributed by atoms with Gasteiger partial charge in [-0.2, -0.15) is 0 Å². The predicted octanol–water partition coefficient (Wildman–Crippen LogP) is 2.30. The van der Waals surface area contributed by atoms with E-state index in [2.05, 4.69) is 15.3 Å². The molecule has 1 rings (SSSR count). The number of aryl methyl sites for hydroxylation is 1. The molecule has 0 aliphatic heterocycles. The van der Waals surface area contributed by atoms with Crippen molar-refractivity contribution in [2.45, 2.75) is 6.92 Å². The molecule has 0 aromatic heterocycles. The first kappa shape index (κ1) is 10.1. The van der Waals surface area contributed by atoms with Gasteiger partial charge in [0.05, 0.1) is 0 Å². The Morgan fingerprint density at radius 1 is 1.57 bits per heavy atom. The summed E-state index contributed by atoms with van der Waals surface area (Å²) in [5, 5.41) is 5.97. The number of nitrogens with one attached hydrogen (secondary N) is 1. The third-order valence-electron chi connectivity index (χ3n) is 1.84. The van der Waals surface area contributed by atoms with Crippen molar-refractivity contribution in [2.24, 2.45) is 5.11 Å². The Labute approximate surface area is 81.4 Å². The number of hydrogen-bond acceptors (Lipinski definition) is 2. The minimum absolute atomic E-state index is 0.144. The molecule has 1 amide bonds. The summed E-state index contributed by atoms with van der Waals surface area (Å²) in [5.41, 5.74) is 10.1. The van der Waals surface area contributed by atoms with Crippen LogP contribution in [0, 0.1) is 6.92 Å². The number of azide groups is 1. The van der Waals surface area contributed by atoms with Crippen LogP contribution in [0.1, 0.15) is 15.9 Å². The van der Waals surface area contributed by atoms with E-state index in [9.17, 15) is 4.79 Å². The van der Waals surface area contributed by atoms with E-state index in [1.54, 1.807) is 32.2 Å². The van der Waals surface area contributed by atoms with E-state index in [-0.39, 0.29) is 5.91 Å². The zero-order valence-corrected chi connectivity index (χ0v) is 7.98. The second kappa shape index (κ2) is 4.30. The Bertz CT molecular complexity index is 407. The lowest BCUT2D eigenvalue weighted by atomic mass is 10.1. The quantitative estimate of drug-likeness (QED) is 0.433. The predicted molar refractivity (Wildman–Crippen MR) is 53.4 cm³/mol. The smallest absolute Gasteiger partial charge is 0.251 e. The standard InChI is InChI=1S/C9H10N4O/c1-6-5-7(12-13-10)3-4-8(6)9(14)11-2/h3-5H,1-2H3,(H,11,14). The van der Waals surface area contributed by atoms with Gasteiger partial charge in [0.2, 0.25) is 0 Å². The van der Waals surface area contributed by atoms with Gasteiger partial charge in [-0.05, 0) is 30.2 Å². The molecule has 72 valence electrons. The van der Waals surface area contributed by atoms with Crippen LogP contribution in [0.3, 0.4) is 0 Å². The number of amides is 1. The lowest BCUT2D eigenvalue weighted by Gasteiger charge is -2.04. The van der Waals surface area contributed by atoms with Gasteiger partial charge >= 0.3 is 0 Å². The molecule has 0 bridgehead atoms. The summed E-state index contributed by atoms with van der Waals surface area (Å²) in [6, 6.07) is 4.92. The van der Waals surface area contributed by atoms with Crippen molar-refractivity contribution >= 4 is 11.6 Å². The lowest BCUT2D eigenvalue weighted by molar-refractivity contribution is 0.0962. The van der Waals surface area contributed by atoms with Gasteiger partial charge in [0.15, 0.2) is 0 Å². The Kier molecular flexibility index (Phi) is 3.09. The maximum atomic E-state index is 11.3. The Morgan fingerprint density at radius 3 is 2.79 bits per heavy atom. The molecule has 5 heteroatoms. The van der Waals surface area contributed by atoms with Crippen LogP contribution in [0.25, 0.3) is 10.4 Å². The van der Waals surface area contributed by atoms with Crippen LogP contribution >= 0.6 is 0 Å². The van der Waals surface area contributed by atoms with Gasteiger partial charge in [-0.1, -0.05) is 11.2 Å². The Hall–Kier alpha value is -2.00. The summed E-state index contributed by atoms with van der Waals surface area (Å²) in [4.78, 5) is 14.0. The van der Waals surface area contributed by atoms with Crippen LogP contribution in [0.2, 0.25) is 0 Å². The summed E-state index contributed by atoms with van der Waals surface area (Å²) in [6.45, 7) is 1.79. The molecule has 5 nitrogen and oxygen atoms in total. The normalized spacial score (nSPS) is 9.00. The highest BCUT2D eigenvalue weighted by atomic mass is 16.1. The average Bonchev–Trinajstić information content (AvgIpc) is 2.17. The molecule has 0 unspecified atom stereocenters. The summed E-state index contributed by atoms with van der Waals surface area (Å²) in [6.07, 6.45) is 0. The summed E-state index contributed by atoms with van der Waals surface area (Å²) in [5.74, 6) is -0.144. The van der Waals surface area contributed by atoms with Crippen LogP contribution in [-0.2, 0) is 0 Å². The Balaban J connectivity index is 3.13. The van der Waals surface area contributed by atoms with Gasteiger partial charge in [-0.25, -0.2) is 0 Å². The number of benzene rings is 1. The first-order valence-electron chi connectivity index (χ1n) is 4.07. The van der Waals surface area contributed by atoms with Crippen molar-refractivity contribution in [1.29, 1.82) is 0 Å². The van der Waals surface area contributed by atoms with E-state index in [0.717, 1.165) is 5.56 Å². The molecular formula is C9H10N4O. The van der Waals surface area contributed by atoms with Gasteiger partial charge in [0.25, 0.3) is 5.91 Å². The van der Waals surface area contributed by atoms with Crippen molar-refractivity contribution in [3.8, 4) is 0 Å². The molecule has 1 N–H and O–H groups in total. The molecular weight excluding hydrogens is 180 g/mol. The van der Waals surface area contributed by atoms with Crippen LogP contribution in [0.5, 0.6) is 0 Å². The third kappa shape index (κ3) is 2.02. The fourth-order valence-corrected chi connectivity index (χ4v) is 1.15. The highest BCUT2D eigenvalue weighted by Crippen LogP contribution is 2.17. The van der Waals surface area contributed by atoms with Gasteiger partial charge in [-0.15, -0.1) is 0 Å². The monoisotopic (exact) mass is 190 g/mol. The van der Waals surface area contributed by atoms with Crippen molar-refractivity contribution in [2.75, 3.05) is 7.05 Å². The average molecular weight is 190 g/mol. The maximum absolute atomic E-state index is 11.3. The van der Waals surface area contributed by atoms with E-state index >= 15 is 0 Å². The fraction of sp³-hybridized carbons (Fsp3) is 0.222. The van der Waals surface area contributed by atoms with E-state index in [4.69, 9.17) is 5.53 Å². The highest BCUT2D eigenvalue weighted by molar-refractivity contribution is 5.95. The van der Waals surface area contributed by atoms with Crippen molar-refractivity contribution in [3.63, 3.8) is 0 Å². The Morgan fingerprint density at radius 2 is 2.29 bits per heavy atom. The zero-order chi connectivity index (χ0) is 10.6. The van der Waals surface area contributed by atoms with Crippen LogP contribution in [0.15, 0.2) is 23.3 Å². The largest absolute Gasteiger partial charge is 0.355 e. The number of nitrogens with zero attached hydrogens (tertiary/aromatic N) is 3. The van der Waals surface area contributed by atoms with E-state index < -0.39 is 0 Å². The van der Waals surface area contributed by atoms with E-state index in [0.29, 0.717) is 11.3 Å². The number of rotatable bonds is 2. The first-order chi connectivity index (χ1) is 6.69.